The zero-order valence-electron chi connectivity index (χ0n) is 14.7. The fourth-order valence-electron chi connectivity index (χ4n) is 3.20. The van der Waals surface area contributed by atoms with Crippen LogP contribution in [0.15, 0.2) is 42.6 Å². The van der Waals surface area contributed by atoms with Crippen molar-refractivity contribution in [2.75, 3.05) is 18.1 Å². The van der Waals surface area contributed by atoms with Gasteiger partial charge in [-0.1, -0.05) is 18.2 Å². The average Bonchev–Trinajstić information content (AvgIpc) is 3.26. The predicted octanol–water partition coefficient (Wildman–Crippen LogP) is 2.57. The van der Waals surface area contributed by atoms with Crippen molar-refractivity contribution in [3.05, 3.63) is 59.4 Å². The highest BCUT2D eigenvalue weighted by Crippen LogP contribution is 2.29. The molecule has 1 amide bonds. The summed E-state index contributed by atoms with van der Waals surface area (Å²) in [5, 5.41) is 12.5. The molecule has 0 atom stereocenters. The summed E-state index contributed by atoms with van der Waals surface area (Å²) in [6.07, 6.45) is 2.47. The standard InChI is InChI=1S/C19H19N5O2/c1-3-26-18-9-8-17(21-22-18)24-13(2)15(12-20-24)19(25)23-11-10-14-6-4-5-7-16(14)23/h4-9,12H,3,10-11H2,1-2H3. The van der Waals surface area contributed by atoms with Gasteiger partial charge in [0.25, 0.3) is 5.91 Å². The molecule has 26 heavy (non-hydrogen) atoms. The van der Waals surface area contributed by atoms with Crippen molar-refractivity contribution in [2.24, 2.45) is 0 Å². The summed E-state index contributed by atoms with van der Waals surface area (Å²) in [5.74, 6) is 0.968. The van der Waals surface area contributed by atoms with Crippen LogP contribution in [0.5, 0.6) is 5.88 Å². The van der Waals surface area contributed by atoms with Crippen molar-refractivity contribution in [1.82, 2.24) is 20.0 Å². The molecule has 0 N–H and O–H groups in total. The Morgan fingerprint density at radius 1 is 1.19 bits per heavy atom. The maximum absolute atomic E-state index is 13.0. The van der Waals surface area contributed by atoms with E-state index in [1.54, 1.807) is 23.0 Å². The molecule has 0 saturated heterocycles. The first-order valence-electron chi connectivity index (χ1n) is 8.60. The van der Waals surface area contributed by atoms with Gasteiger partial charge in [-0.25, -0.2) is 4.68 Å². The van der Waals surface area contributed by atoms with Crippen molar-refractivity contribution in [3.63, 3.8) is 0 Å². The van der Waals surface area contributed by atoms with Crippen molar-refractivity contribution in [1.29, 1.82) is 0 Å². The van der Waals surface area contributed by atoms with Crippen LogP contribution in [-0.2, 0) is 6.42 Å². The van der Waals surface area contributed by atoms with Gasteiger partial charge in [0.05, 0.1) is 24.1 Å². The number of aromatic nitrogens is 4. The second-order valence-electron chi connectivity index (χ2n) is 6.05. The minimum Gasteiger partial charge on any atom is -0.477 e. The van der Waals surface area contributed by atoms with Crippen molar-refractivity contribution < 1.29 is 9.53 Å². The Morgan fingerprint density at radius 2 is 2.04 bits per heavy atom. The SMILES string of the molecule is CCOc1ccc(-n2ncc(C(=O)N3CCc4ccccc43)c2C)nn1. The second-order valence-corrected chi connectivity index (χ2v) is 6.05. The van der Waals surface area contributed by atoms with E-state index in [2.05, 4.69) is 21.4 Å². The first-order chi connectivity index (χ1) is 12.7. The fourth-order valence-corrected chi connectivity index (χ4v) is 3.20. The number of benzene rings is 1. The highest BCUT2D eigenvalue weighted by molar-refractivity contribution is 6.07. The molecule has 0 radical (unpaired) electrons. The molecule has 1 aromatic carbocycles. The number of rotatable bonds is 4. The average molecular weight is 349 g/mol. The van der Waals surface area contributed by atoms with Crippen LogP contribution in [0.4, 0.5) is 5.69 Å². The summed E-state index contributed by atoms with van der Waals surface area (Å²) in [6, 6.07) is 11.5. The summed E-state index contributed by atoms with van der Waals surface area (Å²) in [6.45, 7) is 4.97. The molecule has 0 spiro atoms. The van der Waals surface area contributed by atoms with Gasteiger partial charge >= 0.3 is 0 Å². The molecule has 1 aliphatic rings. The third kappa shape index (κ3) is 2.71. The molecule has 0 aliphatic carbocycles. The maximum Gasteiger partial charge on any atom is 0.261 e. The number of carbonyl (C=O) groups is 1. The first-order valence-corrected chi connectivity index (χ1v) is 8.60. The summed E-state index contributed by atoms with van der Waals surface area (Å²) in [4.78, 5) is 14.8. The number of para-hydroxylation sites is 1. The van der Waals surface area contributed by atoms with Gasteiger partial charge in [-0.15, -0.1) is 10.2 Å². The van der Waals surface area contributed by atoms with Gasteiger partial charge in [-0.3, -0.25) is 4.79 Å². The predicted molar refractivity (Wildman–Crippen MR) is 96.9 cm³/mol. The lowest BCUT2D eigenvalue weighted by atomic mass is 10.2. The summed E-state index contributed by atoms with van der Waals surface area (Å²) < 4.78 is 6.93. The van der Waals surface area contributed by atoms with Gasteiger partial charge in [0.15, 0.2) is 5.82 Å². The summed E-state index contributed by atoms with van der Waals surface area (Å²) in [5.41, 5.74) is 3.48. The molecule has 2 aromatic heterocycles. The van der Waals surface area contributed by atoms with E-state index in [1.807, 2.05) is 36.9 Å². The lowest BCUT2D eigenvalue weighted by molar-refractivity contribution is 0.0989. The molecular formula is C19H19N5O2. The van der Waals surface area contributed by atoms with E-state index in [4.69, 9.17) is 4.74 Å². The molecule has 0 fully saturated rings. The Labute approximate surface area is 151 Å². The number of hydrogen-bond donors (Lipinski definition) is 0. The number of fused-ring (bicyclic) bond motifs is 1. The molecule has 7 nitrogen and oxygen atoms in total. The minimum atomic E-state index is -0.0439. The monoisotopic (exact) mass is 349 g/mol. The molecule has 0 unspecified atom stereocenters. The highest BCUT2D eigenvalue weighted by Gasteiger charge is 2.27. The fraction of sp³-hybridized carbons (Fsp3) is 0.263. The first kappa shape index (κ1) is 16.3. The Hall–Kier alpha value is -3.22. The molecular weight excluding hydrogens is 330 g/mol. The Morgan fingerprint density at radius 3 is 2.81 bits per heavy atom. The quantitative estimate of drug-likeness (QED) is 0.724. The molecule has 0 bridgehead atoms. The van der Waals surface area contributed by atoms with Gasteiger partial charge in [0.1, 0.15) is 0 Å². The second kappa shape index (κ2) is 6.59. The van der Waals surface area contributed by atoms with Crippen LogP contribution in [-0.4, -0.2) is 39.0 Å². The normalized spacial score (nSPS) is 12.9. The van der Waals surface area contributed by atoms with E-state index in [0.717, 1.165) is 17.8 Å². The zero-order chi connectivity index (χ0) is 18.1. The molecule has 7 heteroatoms. The number of nitrogens with zero attached hydrogens (tertiary/aromatic N) is 5. The van der Waals surface area contributed by atoms with Crippen molar-refractivity contribution in [2.45, 2.75) is 20.3 Å². The van der Waals surface area contributed by atoms with Gasteiger partial charge in [0.2, 0.25) is 5.88 Å². The smallest absolute Gasteiger partial charge is 0.261 e. The van der Waals surface area contributed by atoms with Crippen LogP contribution in [0.1, 0.15) is 28.5 Å². The largest absolute Gasteiger partial charge is 0.477 e. The molecule has 1 aliphatic heterocycles. The zero-order valence-corrected chi connectivity index (χ0v) is 14.7. The van der Waals surface area contributed by atoms with Crippen LogP contribution in [0, 0.1) is 6.92 Å². The van der Waals surface area contributed by atoms with E-state index in [-0.39, 0.29) is 5.91 Å². The molecule has 3 aromatic rings. The molecule has 0 saturated carbocycles. The van der Waals surface area contributed by atoms with Gasteiger partial charge < -0.3 is 9.64 Å². The summed E-state index contributed by atoms with van der Waals surface area (Å²) >= 11 is 0. The van der Waals surface area contributed by atoms with Crippen LogP contribution in [0.25, 0.3) is 5.82 Å². The Bertz CT molecular complexity index is 949. The number of amides is 1. The van der Waals surface area contributed by atoms with Crippen LogP contribution in [0.3, 0.4) is 0 Å². The van der Waals surface area contributed by atoms with E-state index in [9.17, 15) is 4.79 Å². The van der Waals surface area contributed by atoms with Crippen molar-refractivity contribution >= 4 is 11.6 Å². The van der Waals surface area contributed by atoms with E-state index >= 15 is 0 Å². The number of ether oxygens (including phenoxy) is 1. The third-order valence-corrected chi connectivity index (χ3v) is 4.51. The third-order valence-electron chi connectivity index (χ3n) is 4.51. The number of carbonyl (C=O) groups excluding carboxylic acids is 1. The van der Waals surface area contributed by atoms with Gasteiger partial charge in [0, 0.05) is 18.3 Å². The minimum absolute atomic E-state index is 0.0439. The Kier molecular flexibility index (Phi) is 4.12. The van der Waals surface area contributed by atoms with Gasteiger partial charge in [-0.05, 0) is 38.0 Å². The van der Waals surface area contributed by atoms with E-state index < -0.39 is 0 Å². The lowest BCUT2D eigenvalue weighted by Gasteiger charge is -2.17. The van der Waals surface area contributed by atoms with Crippen molar-refractivity contribution in [3.8, 4) is 11.7 Å². The maximum atomic E-state index is 13.0. The Balaban J connectivity index is 1.62. The number of hydrogen-bond acceptors (Lipinski definition) is 5. The van der Waals surface area contributed by atoms with Crippen LogP contribution < -0.4 is 9.64 Å². The lowest BCUT2D eigenvalue weighted by Crippen LogP contribution is -2.29. The van der Waals surface area contributed by atoms with E-state index in [0.29, 0.717) is 30.4 Å². The molecule has 132 valence electrons. The molecule has 3 heterocycles. The van der Waals surface area contributed by atoms with E-state index in [1.165, 1.54) is 5.56 Å². The molecule has 4 rings (SSSR count). The van der Waals surface area contributed by atoms with Gasteiger partial charge in [-0.2, -0.15) is 5.10 Å². The van der Waals surface area contributed by atoms with Crippen LogP contribution >= 0.6 is 0 Å². The highest BCUT2D eigenvalue weighted by atomic mass is 16.5. The van der Waals surface area contributed by atoms with Crippen LogP contribution in [0.2, 0.25) is 0 Å². The topological polar surface area (TPSA) is 73.1 Å². The summed E-state index contributed by atoms with van der Waals surface area (Å²) in [7, 11) is 0. The number of anilines is 1.